The van der Waals surface area contributed by atoms with Gasteiger partial charge in [0, 0.05) is 10.5 Å². The van der Waals surface area contributed by atoms with Crippen molar-refractivity contribution in [3.8, 4) is 0 Å². The van der Waals surface area contributed by atoms with Gasteiger partial charge in [0.1, 0.15) is 5.94 Å². The molecule has 0 radical (unpaired) electrons. The van der Waals surface area contributed by atoms with Crippen molar-refractivity contribution in [2.75, 3.05) is 0 Å². The number of rotatable bonds is 2. The summed E-state index contributed by atoms with van der Waals surface area (Å²) in [7, 11) is 0. The second-order valence-corrected chi connectivity index (χ2v) is 4.54. The van der Waals surface area contributed by atoms with Crippen LogP contribution in [0.3, 0.4) is 0 Å². The smallest absolute Gasteiger partial charge is 0.234 e. The molecule has 2 aromatic carbocycles. The Morgan fingerprint density at radius 1 is 1.05 bits per heavy atom. The topological polar surface area (TPSA) is 17.1 Å². The molecule has 1 heterocycles. The number of hydrogen-bond acceptors (Lipinski definition) is 2. The van der Waals surface area contributed by atoms with Gasteiger partial charge in [-0.1, -0.05) is 6.07 Å². The fourth-order valence-electron chi connectivity index (χ4n) is 1.53. The van der Waals surface area contributed by atoms with Gasteiger partial charge in [0.15, 0.2) is 0 Å². The Bertz CT molecular complexity index is 532. The van der Waals surface area contributed by atoms with E-state index in [-0.39, 0.29) is 17.1 Å². The Morgan fingerprint density at radius 2 is 1.84 bits per heavy atom. The summed E-state index contributed by atoms with van der Waals surface area (Å²) in [4.78, 5) is 11.7. The first kappa shape index (κ1) is 15.4. The molecular weight excluding hydrogens is 296 g/mol. The van der Waals surface area contributed by atoms with Crippen LogP contribution < -0.4 is 0 Å². The predicted molar refractivity (Wildman–Crippen MR) is 76.6 cm³/mol. The standard InChI is InChI=1S/C11H7OS.C5H5.Fe/c12-8-10(9-4-1-2-5-9)11-6-3-7-13-11;1-2-4-5-3-1;/h1-7H;1-5H;/q2*-1;+2. The molecule has 0 bridgehead atoms. The van der Waals surface area contributed by atoms with Gasteiger partial charge in [0.05, 0.1) is 0 Å². The van der Waals surface area contributed by atoms with Crippen molar-refractivity contribution < 1.29 is 21.9 Å². The quantitative estimate of drug-likeness (QED) is 0.395. The summed E-state index contributed by atoms with van der Waals surface area (Å²) in [5.41, 5.74) is 1.59. The van der Waals surface area contributed by atoms with Crippen LogP contribution in [0.1, 0.15) is 10.4 Å². The van der Waals surface area contributed by atoms with Gasteiger partial charge in [0.2, 0.25) is 0 Å². The van der Waals surface area contributed by atoms with Gasteiger partial charge in [0.25, 0.3) is 0 Å². The van der Waals surface area contributed by atoms with E-state index in [1.807, 2.05) is 78.1 Å². The SMILES string of the molecule is O=C=C(c1cc[cH-]c1)c1cccs1.[Fe+2].c1cc[cH-]c1. The second-order valence-electron chi connectivity index (χ2n) is 3.59. The molecule has 0 aliphatic heterocycles. The molecule has 0 aliphatic carbocycles. The van der Waals surface area contributed by atoms with E-state index in [0.29, 0.717) is 5.57 Å². The first-order valence-corrected chi connectivity index (χ1v) is 6.47. The van der Waals surface area contributed by atoms with Crippen molar-refractivity contribution in [2.45, 2.75) is 0 Å². The van der Waals surface area contributed by atoms with Crippen molar-refractivity contribution in [3.05, 3.63) is 82.6 Å². The van der Waals surface area contributed by atoms with Crippen molar-refractivity contribution in [2.24, 2.45) is 0 Å². The Hall–Kier alpha value is -1.63. The summed E-state index contributed by atoms with van der Waals surface area (Å²) in [5.74, 6) is 1.98. The largest absolute Gasteiger partial charge is 2.00 e. The average Bonchev–Trinajstić information content (AvgIpc) is 3.17. The van der Waals surface area contributed by atoms with E-state index in [9.17, 15) is 4.79 Å². The summed E-state index contributed by atoms with van der Waals surface area (Å²) in [6.45, 7) is 0. The second kappa shape index (κ2) is 8.47. The summed E-state index contributed by atoms with van der Waals surface area (Å²) in [6.07, 6.45) is 0. The minimum absolute atomic E-state index is 0. The first-order chi connectivity index (χ1) is 8.92. The first-order valence-electron chi connectivity index (χ1n) is 5.59. The van der Waals surface area contributed by atoms with Crippen LogP contribution in [-0.4, -0.2) is 5.94 Å². The van der Waals surface area contributed by atoms with E-state index in [1.165, 1.54) is 0 Å². The third-order valence-electron chi connectivity index (χ3n) is 2.38. The van der Waals surface area contributed by atoms with Gasteiger partial charge in [-0.3, -0.25) is 0 Å². The fraction of sp³-hybridized carbons (Fsp3) is 0. The molecule has 3 rings (SSSR count). The molecule has 1 aromatic heterocycles. The molecular formula is C16H12FeOS. The van der Waals surface area contributed by atoms with Gasteiger partial charge in [-0.15, -0.1) is 11.3 Å². The molecule has 0 amide bonds. The normalized spacial score (nSPS) is 8.63. The van der Waals surface area contributed by atoms with Crippen LogP contribution in [0.25, 0.3) is 5.57 Å². The maximum absolute atomic E-state index is 10.7. The van der Waals surface area contributed by atoms with E-state index in [2.05, 4.69) is 0 Å². The fourth-order valence-corrected chi connectivity index (χ4v) is 2.27. The van der Waals surface area contributed by atoms with Crippen molar-refractivity contribution >= 4 is 22.9 Å². The van der Waals surface area contributed by atoms with Gasteiger partial charge < -0.3 is 0 Å². The molecule has 0 unspecified atom stereocenters. The summed E-state index contributed by atoms with van der Waals surface area (Å²) < 4.78 is 0. The van der Waals surface area contributed by atoms with Gasteiger partial charge in [-0.2, -0.15) is 42.0 Å². The number of carbonyl (C=O) groups excluding carboxylic acids is 1. The van der Waals surface area contributed by atoms with Crippen molar-refractivity contribution in [3.63, 3.8) is 0 Å². The Morgan fingerprint density at radius 3 is 2.26 bits per heavy atom. The summed E-state index contributed by atoms with van der Waals surface area (Å²) in [5, 5.41) is 1.95. The molecule has 96 valence electrons. The van der Waals surface area contributed by atoms with Gasteiger partial charge in [-0.25, -0.2) is 23.0 Å². The zero-order chi connectivity index (χ0) is 12.6. The van der Waals surface area contributed by atoms with Gasteiger partial charge >= 0.3 is 17.1 Å². The minimum Gasteiger partial charge on any atom is -0.234 e. The molecule has 0 saturated heterocycles. The maximum Gasteiger partial charge on any atom is 2.00 e. The van der Waals surface area contributed by atoms with Crippen LogP contribution in [0.15, 0.2) is 72.1 Å². The van der Waals surface area contributed by atoms with Crippen molar-refractivity contribution in [1.82, 2.24) is 0 Å². The third-order valence-corrected chi connectivity index (χ3v) is 3.26. The predicted octanol–water partition coefficient (Wildman–Crippen LogP) is 4.13. The van der Waals surface area contributed by atoms with Crippen LogP contribution in [0, 0.1) is 0 Å². The van der Waals surface area contributed by atoms with Crippen LogP contribution in [-0.2, 0) is 21.9 Å². The van der Waals surface area contributed by atoms with Crippen LogP contribution in [0.5, 0.6) is 0 Å². The maximum atomic E-state index is 10.7. The molecule has 0 atom stereocenters. The van der Waals surface area contributed by atoms with E-state index in [4.69, 9.17) is 0 Å². The Balaban J connectivity index is 0.000000256. The van der Waals surface area contributed by atoms with Crippen molar-refractivity contribution in [1.29, 1.82) is 0 Å². The van der Waals surface area contributed by atoms with E-state index in [1.54, 1.807) is 11.3 Å². The Kier molecular flexibility index (Phi) is 6.88. The van der Waals surface area contributed by atoms with Gasteiger partial charge in [-0.05, 0) is 11.4 Å². The van der Waals surface area contributed by atoms with E-state index < -0.39 is 0 Å². The molecule has 0 aliphatic rings. The number of thiophene rings is 1. The molecule has 3 heteroatoms. The average molecular weight is 308 g/mol. The van der Waals surface area contributed by atoms with Crippen LogP contribution in [0.4, 0.5) is 0 Å². The molecule has 0 saturated carbocycles. The zero-order valence-electron chi connectivity index (χ0n) is 10.1. The summed E-state index contributed by atoms with van der Waals surface area (Å²) >= 11 is 1.55. The molecule has 19 heavy (non-hydrogen) atoms. The van der Waals surface area contributed by atoms with Crippen LogP contribution in [0.2, 0.25) is 0 Å². The molecule has 1 nitrogen and oxygen atoms in total. The summed E-state index contributed by atoms with van der Waals surface area (Å²) in [6, 6.07) is 21.5. The number of hydrogen-bond donors (Lipinski definition) is 0. The van der Waals surface area contributed by atoms with E-state index in [0.717, 1.165) is 10.4 Å². The molecule has 0 N–H and O–H groups in total. The molecule has 0 spiro atoms. The monoisotopic (exact) mass is 308 g/mol. The third kappa shape index (κ3) is 4.51. The van der Waals surface area contributed by atoms with Crippen LogP contribution >= 0.6 is 11.3 Å². The Labute approximate surface area is 127 Å². The molecule has 3 aromatic rings. The zero-order valence-corrected chi connectivity index (χ0v) is 12.0. The molecule has 0 fully saturated rings. The van der Waals surface area contributed by atoms with E-state index >= 15 is 0 Å². The minimum atomic E-state index is 0.